The van der Waals surface area contributed by atoms with E-state index in [1.165, 1.54) is 31.8 Å². The Morgan fingerprint density at radius 1 is 0.436 bits per heavy atom. The molecular formula is C35H28Cl2P2. The van der Waals surface area contributed by atoms with Gasteiger partial charge in [0.25, 0.3) is 0 Å². The van der Waals surface area contributed by atoms with Crippen molar-refractivity contribution in [1.82, 2.24) is 0 Å². The largest absolute Gasteiger partial charge is 0.138 e. The van der Waals surface area contributed by atoms with Gasteiger partial charge in [0, 0.05) is 11.8 Å². The van der Waals surface area contributed by atoms with E-state index in [4.69, 9.17) is 23.2 Å². The van der Waals surface area contributed by atoms with Crippen LogP contribution in [0.15, 0.2) is 168 Å². The topological polar surface area (TPSA) is 0 Å². The zero-order valence-corrected chi connectivity index (χ0v) is 24.6. The van der Waals surface area contributed by atoms with E-state index in [1.807, 2.05) is 0 Å². The van der Waals surface area contributed by atoms with Gasteiger partial charge in [0.05, 0.1) is 0 Å². The minimum Gasteiger partial charge on any atom is -0.0996 e. The van der Waals surface area contributed by atoms with Crippen LogP contribution in [-0.4, -0.2) is 4.33 Å². The molecule has 192 valence electrons. The molecule has 2 aliphatic carbocycles. The fourth-order valence-electron chi connectivity index (χ4n) is 5.41. The molecule has 0 bridgehead atoms. The van der Waals surface area contributed by atoms with Gasteiger partial charge in [-0.1, -0.05) is 181 Å². The molecule has 6 rings (SSSR count). The number of benzene rings is 4. The number of rotatable bonds is 8. The zero-order chi connectivity index (χ0) is 26.7. The summed E-state index contributed by atoms with van der Waals surface area (Å²) in [6.07, 6.45) is 13.2. The van der Waals surface area contributed by atoms with Gasteiger partial charge in [-0.2, -0.15) is 0 Å². The molecule has 0 spiro atoms. The van der Waals surface area contributed by atoms with E-state index in [0.29, 0.717) is 0 Å². The molecule has 4 aromatic carbocycles. The summed E-state index contributed by atoms with van der Waals surface area (Å²) < 4.78 is -1.05. The molecule has 39 heavy (non-hydrogen) atoms. The number of alkyl halides is 2. The van der Waals surface area contributed by atoms with Crippen molar-refractivity contribution in [2.75, 3.05) is 0 Å². The first kappa shape index (κ1) is 26.5. The third kappa shape index (κ3) is 5.37. The van der Waals surface area contributed by atoms with Crippen LogP contribution in [0.2, 0.25) is 0 Å². The summed E-state index contributed by atoms with van der Waals surface area (Å²) in [6, 6.07) is 43.1. The molecule has 0 amide bonds. The fraction of sp³-hybridized carbons (Fsp3) is 0.0857. The quantitative estimate of drug-likeness (QED) is 0.145. The van der Waals surface area contributed by atoms with Crippen LogP contribution in [0.1, 0.15) is 0 Å². The SMILES string of the molecule is ClC(Cl)(C1C=CC=C1P(c1ccccc1)c1ccccc1)C1C=CC=C1P(c1ccccc1)c1ccccc1. The minimum absolute atomic E-state index is 0.119. The molecule has 0 radical (unpaired) electrons. The zero-order valence-electron chi connectivity index (χ0n) is 21.3. The highest BCUT2D eigenvalue weighted by Crippen LogP contribution is 2.61. The van der Waals surface area contributed by atoms with Crippen molar-refractivity contribution in [3.05, 3.63) is 168 Å². The summed E-state index contributed by atoms with van der Waals surface area (Å²) in [7, 11) is -1.59. The summed E-state index contributed by atoms with van der Waals surface area (Å²) in [5.74, 6) is -0.237. The van der Waals surface area contributed by atoms with Crippen LogP contribution in [0, 0.1) is 11.8 Å². The standard InChI is InChI=1S/C35H28Cl2P2/c36-35(37,31-23-13-25-33(31)38(27-15-5-1-6-16-27)28-17-7-2-8-18-28)32-24-14-26-34(32)39(29-19-9-3-10-20-29)30-21-11-4-12-22-30/h1-26,31-32H. The predicted molar refractivity (Wildman–Crippen MR) is 174 cm³/mol. The van der Waals surface area contributed by atoms with Gasteiger partial charge < -0.3 is 0 Å². The van der Waals surface area contributed by atoms with Crippen molar-refractivity contribution in [3.63, 3.8) is 0 Å². The van der Waals surface area contributed by atoms with E-state index in [2.05, 4.69) is 158 Å². The van der Waals surface area contributed by atoms with Crippen molar-refractivity contribution in [3.8, 4) is 0 Å². The summed E-state index contributed by atoms with van der Waals surface area (Å²) in [5, 5.41) is 7.78. The average molecular weight is 581 g/mol. The van der Waals surface area contributed by atoms with E-state index in [1.54, 1.807) is 0 Å². The van der Waals surface area contributed by atoms with E-state index >= 15 is 0 Å². The average Bonchev–Trinajstić information content (AvgIpc) is 3.67. The van der Waals surface area contributed by atoms with E-state index in [9.17, 15) is 0 Å². The number of hydrogen-bond donors (Lipinski definition) is 0. The summed E-state index contributed by atoms with van der Waals surface area (Å²) >= 11 is 15.2. The lowest BCUT2D eigenvalue weighted by molar-refractivity contribution is 0.575. The maximum absolute atomic E-state index is 7.58. The first-order valence-electron chi connectivity index (χ1n) is 13.1. The third-order valence-corrected chi connectivity index (χ3v) is 13.3. The van der Waals surface area contributed by atoms with Crippen molar-refractivity contribution in [2.24, 2.45) is 11.8 Å². The fourth-order valence-corrected chi connectivity index (χ4v) is 11.8. The van der Waals surface area contributed by atoms with E-state index < -0.39 is 20.2 Å². The molecule has 2 atom stereocenters. The first-order chi connectivity index (χ1) is 19.1. The van der Waals surface area contributed by atoms with E-state index in [0.717, 1.165) is 0 Å². The number of hydrogen-bond acceptors (Lipinski definition) is 0. The van der Waals surface area contributed by atoms with Crippen LogP contribution < -0.4 is 21.2 Å². The lowest BCUT2D eigenvalue weighted by atomic mass is 9.94. The molecule has 4 aromatic rings. The number of halogens is 2. The molecular weight excluding hydrogens is 553 g/mol. The maximum atomic E-state index is 7.58. The Labute approximate surface area is 243 Å². The molecule has 2 aliphatic rings. The first-order valence-corrected chi connectivity index (χ1v) is 16.5. The van der Waals surface area contributed by atoms with Crippen LogP contribution >= 0.6 is 39.0 Å². The Kier molecular flexibility index (Phi) is 8.02. The molecule has 0 saturated heterocycles. The summed E-state index contributed by atoms with van der Waals surface area (Å²) in [6.45, 7) is 0. The maximum Gasteiger partial charge on any atom is 0.138 e. The second-order valence-corrected chi connectivity index (χ2v) is 15.5. The summed E-state index contributed by atoms with van der Waals surface area (Å²) in [5.41, 5.74) is 0. The lowest BCUT2D eigenvalue weighted by Gasteiger charge is -2.38. The van der Waals surface area contributed by atoms with Gasteiger partial charge in [0.1, 0.15) is 4.33 Å². The van der Waals surface area contributed by atoms with E-state index in [-0.39, 0.29) is 11.8 Å². The predicted octanol–water partition coefficient (Wildman–Crippen LogP) is 8.57. The van der Waals surface area contributed by atoms with Crippen molar-refractivity contribution in [2.45, 2.75) is 4.33 Å². The molecule has 0 aromatic heterocycles. The Bertz CT molecular complexity index is 1330. The highest BCUT2D eigenvalue weighted by atomic mass is 35.5. The second kappa shape index (κ2) is 11.8. The van der Waals surface area contributed by atoms with Crippen LogP contribution in [0.25, 0.3) is 0 Å². The summed E-state index contributed by atoms with van der Waals surface area (Å²) in [4.78, 5) is 0. The van der Waals surface area contributed by atoms with Crippen molar-refractivity contribution >= 4 is 60.3 Å². The minimum atomic E-state index is -1.05. The second-order valence-electron chi connectivity index (χ2n) is 9.60. The number of allylic oxidation sites excluding steroid dienone is 8. The monoisotopic (exact) mass is 580 g/mol. The van der Waals surface area contributed by atoms with Gasteiger partial charge in [-0.25, -0.2) is 0 Å². The van der Waals surface area contributed by atoms with Crippen LogP contribution in [0.4, 0.5) is 0 Å². The molecule has 0 fully saturated rings. The van der Waals surface area contributed by atoms with Gasteiger partial charge >= 0.3 is 0 Å². The van der Waals surface area contributed by atoms with Crippen molar-refractivity contribution in [1.29, 1.82) is 0 Å². The normalized spacial score (nSPS) is 18.6. The van der Waals surface area contributed by atoms with Gasteiger partial charge in [-0.3, -0.25) is 0 Å². The van der Waals surface area contributed by atoms with Crippen LogP contribution in [0.5, 0.6) is 0 Å². The van der Waals surface area contributed by atoms with Crippen molar-refractivity contribution < 1.29 is 0 Å². The highest BCUT2D eigenvalue weighted by molar-refractivity contribution is 7.77. The van der Waals surface area contributed by atoms with Crippen LogP contribution in [-0.2, 0) is 0 Å². The van der Waals surface area contributed by atoms with Gasteiger partial charge in [-0.05, 0) is 47.7 Å². The highest BCUT2D eigenvalue weighted by Gasteiger charge is 2.48. The van der Waals surface area contributed by atoms with Gasteiger partial charge in [-0.15, -0.1) is 0 Å². The lowest BCUT2D eigenvalue weighted by Crippen LogP contribution is -2.35. The van der Waals surface area contributed by atoms with Crippen LogP contribution in [0.3, 0.4) is 0 Å². The molecule has 0 aliphatic heterocycles. The smallest absolute Gasteiger partial charge is 0.0996 e. The Morgan fingerprint density at radius 2 is 0.718 bits per heavy atom. The Morgan fingerprint density at radius 3 is 1.00 bits per heavy atom. The molecule has 0 N–H and O–H groups in total. The Hall–Kier alpha value is -2.72. The van der Waals surface area contributed by atoms with Gasteiger partial charge in [0.15, 0.2) is 0 Å². The Balaban J connectivity index is 1.39. The van der Waals surface area contributed by atoms with Gasteiger partial charge in [0.2, 0.25) is 0 Å². The molecule has 4 heteroatoms. The molecule has 0 saturated carbocycles. The molecule has 0 heterocycles. The molecule has 0 nitrogen and oxygen atoms in total. The third-order valence-electron chi connectivity index (χ3n) is 7.18. The molecule has 2 unspecified atom stereocenters.